The molecule has 96 valence electrons. The molecule has 1 fully saturated rings. The number of rotatable bonds is 3. The van der Waals surface area contributed by atoms with Crippen LogP contribution in [-0.4, -0.2) is 19.6 Å². The normalized spacial score (nSPS) is 16.8. The van der Waals surface area contributed by atoms with Crippen LogP contribution in [0.1, 0.15) is 55.9 Å². The molecule has 0 saturated heterocycles. The van der Waals surface area contributed by atoms with Crippen LogP contribution in [-0.2, 0) is 13.0 Å². The van der Waals surface area contributed by atoms with Crippen LogP contribution >= 0.6 is 0 Å². The highest BCUT2D eigenvalue weighted by molar-refractivity contribution is 5.50. The van der Waals surface area contributed by atoms with Gasteiger partial charge in [-0.05, 0) is 19.3 Å². The molecule has 0 spiro atoms. The fourth-order valence-corrected chi connectivity index (χ4v) is 2.78. The first-order valence-electron chi connectivity index (χ1n) is 6.77. The molecule has 2 aromatic heterocycles. The number of hydrogen-bond acceptors (Lipinski definition) is 4. The molecule has 5 heteroatoms. The number of nitrogens with two attached hydrogens (primary N) is 1. The number of fused-ring (bicyclic) bond motifs is 1. The minimum Gasteiger partial charge on any atom is -0.324 e. The van der Waals surface area contributed by atoms with Crippen LogP contribution in [0.5, 0.6) is 0 Å². The molecule has 2 N–H and O–H groups in total. The van der Waals surface area contributed by atoms with E-state index in [0.29, 0.717) is 12.5 Å². The predicted molar refractivity (Wildman–Crippen MR) is 69.3 cm³/mol. The second-order valence-electron chi connectivity index (χ2n) is 4.93. The van der Waals surface area contributed by atoms with E-state index in [1.165, 1.54) is 25.7 Å². The highest BCUT2D eigenvalue weighted by Gasteiger charge is 2.21. The Labute approximate surface area is 106 Å². The van der Waals surface area contributed by atoms with Gasteiger partial charge in [0.05, 0.1) is 18.4 Å². The van der Waals surface area contributed by atoms with E-state index >= 15 is 0 Å². The third kappa shape index (κ3) is 1.79. The van der Waals surface area contributed by atoms with Crippen molar-refractivity contribution in [3.05, 3.63) is 23.5 Å². The van der Waals surface area contributed by atoms with E-state index < -0.39 is 0 Å². The Morgan fingerprint density at radius 2 is 2.17 bits per heavy atom. The lowest BCUT2D eigenvalue weighted by Gasteiger charge is -2.07. The van der Waals surface area contributed by atoms with Crippen molar-refractivity contribution in [1.82, 2.24) is 19.6 Å². The molecule has 2 aromatic rings. The molecule has 18 heavy (non-hydrogen) atoms. The van der Waals surface area contributed by atoms with Gasteiger partial charge in [-0.3, -0.25) is 0 Å². The van der Waals surface area contributed by atoms with E-state index in [1.807, 2.05) is 10.7 Å². The van der Waals surface area contributed by atoms with E-state index in [1.54, 1.807) is 0 Å². The van der Waals surface area contributed by atoms with Gasteiger partial charge in [0.1, 0.15) is 11.3 Å². The minimum atomic E-state index is 0.419. The number of aryl methyl sites for hydroxylation is 1. The van der Waals surface area contributed by atoms with E-state index in [4.69, 9.17) is 5.73 Å². The monoisotopic (exact) mass is 245 g/mol. The zero-order chi connectivity index (χ0) is 12.5. The minimum absolute atomic E-state index is 0.419. The molecule has 0 aromatic carbocycles. The molecule has 0 bridgehead atoms. The highest BCUT2D eigenvalue weighted by Crippen LogP contribution is 2.31. The highest BCUT2D eigenvalue weighted by atomic mass is 15.3. The molecule has 0 atom stereocenters. The summed E-state index contributed by atoms with van der Waals surface area (Å²) in [4.78, 5) is 9.06. The standard InChI is InChI=1S/C13H19N5/c1-2-10-11-8-15-13(9-5-3-4-6-9)17-18(11)12(7-14)16-10/h8-9H,2-7,14H2,1H3. The molecule has 0 amide bonds. The van der Waals surface area contributed by atoms with E-state index in [-0.39, 0.29) is 0 Å². The van der Waals surface area contributed by atoms with Gasteiger partial charge < -0.3 is 5.73 Å². The third-order valence-electron chi connectivity index (χ3n) is 3.79. The molecule has 0 unspecified atom stereocenters. The molecule has 5 nitrogen and oxygen atoms in total. The number of imidazole rings is 1. The third-order valence-corrected chi connectivity index (χ3v) is 3.79. The van der Waals surface area contributed by atoms with E-state index in [0.717, 1.165) is 29.3 Å². The number of nitrogens with zero attached hydrogens (tertiary/aromatic N) is 4. The lowest BCUT2D eigenvalue weighted by molar-refractivity contribution is 0.631. The first kappa shape index (κ1) is 11.6. The quantitative estimate of drug-likeness (QED) is 0.895. The Bertz CT molecular complexity index is 554. The predicted octanol–water partition coefficient (Wildman–Crippen LogP) is 1.80. The van der Waals surface area contributed by atoms with Crippen LogP contribution in [0.15, 0.2) is 6.20 Å². The first-order chi connectivity index (χ1) is 8.83. The Balaban J connectivity index is 2.09. The topological polar surface area (TPSA) is 69.1 Å². The summed E-state index contributed by atoms with van der Waals surface area (Å²) in [5.74, 6) is 2.31. The zero-order valence-corrected chi connectivity index (χ0v) is 10.8. The average Bonchev–Trinajstić information content (AvgIpc) is 3.05. The van der Waals surface area contributed by atoms with Gasteiger partial charge in [-0.15, -0.1) is 0 Å². The van der Waals surface area contributed by atoms with Crippen LogP contribution in [0.25, 0.3) is 5.52 Å². The summed E-state index contributed by atoms with van der Waals surface area (Å²) in [6, 6.07) is 0. The van der Waals surface area contributed by atoms with Crippen molar-refractivity contribution in [2.45, 2.75) is 51.5 Å². The van der Waals surface area contributed by atoms with Crippen LogP contribution < -0.4 is 5.73 Å². The molecular formula is C13H19N5. The summed E-state index contributed by atoms with van der Waals surface area (Å²) >= 11 is 0. The van der Waals surface area contributed by atoms with Gasteiger partial charge >= 0.3 is 0 Å². The fourth-order valence-electron chi connectivity index (χ4n) is 2.78. The summed E-state index contributed by atoms with van der Waals surface area (Å²) in [6.07, 6.45) is 7.79. The van der Waals surface area contributed by atoms with Crippen molar-refractivity contribution in [3.8, 4) is 0 Å². The molecule has 3 rings (SSSR count). The summed E-state index contributed by atoms with van der Waals surface area (Å²) in [5.41, 5.74) is 7.78. The maximum absolute atomic E-state index is 5.74. The van der Waals surface area contributed by atoms with Crippen molar-refractivity contribution in [3.63, 3.8) is 0 Å². The van der Waals surface area contributed by atoms with Gasteiger partial charge in [0.2, 0.25) is 0 Å². The molecule has 1 saturated carbocycles. The van der Waals surface area contributed by atoms with E-state index in [9.17, 15) is 0 Å². The van der Waals surface area contributed by atoms with Gasteiger partial charge in [-0.1, -0.05) is 19.8 Å². The van der Waals surface area contributed by atoms with Gasteiger partial charge in [0, 0.05) is 5.92 Å². The second-order valence-corrected chi connectivity index (χ2v) is 4.93. The van der Waals surface area contributed by atoms with Gasteiger partial charge in [0.25, 0.3) is 0 Å². The van der Waals surface area contributed by atoms with Gasteiger partial charge in [-0.2, -0.15) is 5.10 Å². The largest absolute Gasteiger partial charge is 0.324 e. The van der Waals surface area contributed by atoms with Crippen LogP contribution in [0.3, 0.4) is 0 Å². The smallest absolute Gasteiger partial charge is 0.152 e. The Kier molecular flexibility index (Phi) is 2.99. The summed E-state index contributed by atoms with van der Waals surface area (Å²) in [7, 11) is 0. The van der Waals surface area contributed by atoms with E-state index in [2.05, 4.69) is 22.0 Å². The Morgan fingerprint density at radius 3 is 2.83 bits per heavy atom. The lowest BCUT2D eigenvalue weighted by atomic mass is 10.1. The second kappa shape index (κ2) is 4.65. The SMILES string of the molecule is CCc1nc(CN)n2nc(C3CCCC3)ncc12. The summed E-state index contributed by atoms with van der Waals surface area (Å²) < 4.78 is 1.89. The van der Waals surface area contributed by atoms with Crippen molar-refractivity contribution < 1.29 is 0 Å². The molecule has 1 aliphatic carbocycles. The lowest BCUT2D eigenvalue weighted by Crippen LogP contribution is -2.09. The first-order valence-corrected chi connectivity index (χ1v) is 6.77. The average molecular weight is 245 g/mol. The van der Waals surface area contributed by atoms with Crippen molar-refractivity contribution in [2.24, 2.45) is 5.73 Å². The Morgan fingerprint density at radius 1 is 1.39 bits per heavy atom. The maximum atomic E-state index is 5.74. The van der Waals surface area contributed by atoms with Crippen LogP contribution in [0, 0.1) is 0 Å². The number of hydrogen-bond donors (Lipinski definition) is 1. The maximum Gasteiger partial charge on any atom is 0.152 e. The van der Waals surface area contributed by atoms with Crippen LogP contribution in [0.4, 0.5) is 0 Å². The van der Waals surface area contributed by atoms with Crippen molar-refractivity contribution in [2.75, 3.05) is 0 Å². The number of aromatic nitrogens is 4. The molecule has 2 heterocycles. The fraction of sp³-hybridized carbons (Fsp3) is 0.615. The summed E-state index contributed by atoms with van der Waals surface area (Å²) in [5, 5.41) is 4.66. The molecule has 0 radical (unpaired) electrons. The molecule has 0 aliphatic heterocycles. The van der Waals surface area contributed by atoms with Crippen LogP contribution in [0.2, 0.25) is 0 Å². The van der Waals surface area contributed by atoms with Gasteiger partial charge in [0.15, 0.2) is 5.82 Å². The van der Waals surface area contributed by atoms with Crippen molar-refractivity contribution in [1.29, 1.82) is 0 Å². The van der Waals surface area contributed by atoms with Crippen molar-refractivity contribution >= 4 is 5.52 Å². The zero-order valence-electron chi connectivity index (χ0n) is 10.8. The molecule has 1 aliphatic rings. The summed E-state index contributed by atoms with van der Waals surface area (Å²) in [6.45, 7) is 2.51. The van der Waals surface area contributed by atoms with Gasteiger partial charge in [-0.25, -0.2) is 14.5 Å². The Hall–Kier alpha value is -1.49. The molecular weight excluding hydrogens is 226 g/mol.